The van der Waals surface area contributed by atoms with Crippen molar-refractivity contribution in [3.05, 3.63) is 42.0 Å². The second-order valence-corrected chi connectivity index (χ2v) is 5.74. The molecule has 0 aromatic heterocycles. The summed E-state index contributed by atoms with van der Waals surface area (Å²) < 4.78 is 5.24. The first-order valence-electron chi connectivity index (χ1n) is 8.22. The minimum Gasteiger partial charge on any atom is -0.497 e. The van der Waals surface area contributed by atoms with Gasteiger partial charge in [-0.3, -0.25) is 4.79 Å². The minimum absolute atomic E-state index is 0. The summed E-state index contributed by atoms with van der Waals surface area (Å²) in [5.74, 6) is 0.749. The van der Waals surface area contributed by atoms with Crippen LogP contribution in [0.4, 0.5) is 0 Å². The number of carbonyl (C=O) groups is 1. The third-order valence-corrected chi connectivity index (χ3v) is 3.99. The van der Waals surface area contributed by atoms with Gasteiger partial charge in [-0.25, -0.2) is 0 Å². The van der Waals surface area contributed by atoms with Gasteiger partial charge in [-0.15, -0.1) is 12.4 Å². The predicted molar refractivity (Wildman–Crippen MR) is 102 cm³/mol. The molecule has 1 atom stereocenters. The number of methoxy groups -OCH3 is 1. The van der Waals surface area contributed by atoms with Crippen LogP contribution in [0.15, 0.2) is 36.4 Å². The van der Waals surface area contributed by atoms with Gasteiger partial charge < -0.3 is 15.4 Å². The molecule has 0 saturated carbocycles. The Bertz CT molecular complexity index is 661. The highest BCUT2D eigenvalue weighted by molar-refractivity contribution is 5.88. The van der Waals surface area contributed by atoms with Gasteiger partial charge in [-0.1, -0.05) is 31.2 Å². The zero-order chi connectivity index (χ0) is 16.7. The summed E-state index contributed by atoms with van der Waals surface area (Å²) in [4.78, 5) is 12.3. The fourth-order valence-electron chi connectivity index (χ4n) is 2.52. The van der Waals surface area contributed by atoms with E-state index in [4.69, 9.17) is 4.74 Å². The fourth-order valence-corrected chi connectivity index (χ4v) is 2.52. The van der Waals surface area contributed by atoms with Crippen molar-refractivity contribution >= 4 is 29.1 Å². The van der Waals surface area contributed by atoms with E-state index in [1.807, 2.05) is 37.3 Å². The largest absolute Gasteiger partial charge is 0.497 e. The lowest BCUT2D eigenvalue weighted by Gasteiger charge is -2.14. The lowest BCUT2D eigenvalue weighted by molar-refractivity contribution is -0.122. The van der Waals surface area contributed by atoms with Crippen LogP contribution in [0.5, 0.6) is 5.75 Å². The molecule has 2 N–H and O–H groups in total. The number of ether oxygens (including phenoxy) is 1. The van der Waals surface area contributed by atoms with Crippen LogP contribution in [0.3, 0.4) is 0 Å². The minimum atomic E-state index is -0.160. The number of benzene rings is 2. The molecule has 0 aliphatic heterocycles. The van der Waals surface area contributed by atoms with Crippen molar-refractivity contribution < 1.29 is 9.53 Å². The molecule has 0 saturated heterocycles. The number of nitrogens with one attached hydrogen (secondary N) is 2. The number of amides is 1. The molecule has 1 amide bonds. The quantitative estimate of drug-likeness (QED) is 0.716. The molecule has 132 valence electrons. The maximum absolute atomic E-state index is 12.3. The third-order valence-electron chi connectivity index (χ3n) is 3.99. The predicted octanol–water partition coefficient (Wildman–Crippen LogP) is 3.49. The molecule has 0 aliphatic carbocycles. The van der Waals surface area contributed by atoms with Gasteiger partial charge in [0.15, 0.2) is 0 Å². The summed E-state index contributed by atoms with van der Waals surface area (Å²) in [6.45, 7) is 6.53. The average Bonchev–Trinajstić information content (AvgIpc) is 2.59. The van der Waals surface area contributed by atoms with Crippen molar-refractivity contribution in [3.8, 4) is 5.75 Å². The zero-order valence-electron chi connectivity index (χ0n) is 14.6. The van der Waals surface area contributed by atoms with Gasteiger partial charge in [0.2, 0.25) is 5.91 Å². The Morgan fingerprint density at radius 1 is 1.08 bits per heavy atom. The second-order valence-electron chi connectivity index (χ2n) is 5.74. The number of carbonyl (C=O) groups excluding carboxylic acids is 1. The molecule has 5 heteroatoms. The van der Waals surface area contributed by atoms with Crippen molar-refractivity contribution in [1.29, 1.82) is 0 Å². The summed E-state index contributed by atoms with van der Waals surface area (Å²) >= 11 is 0. The summed E-state index contributed by atoms with van der Waals surface area (Å²) in [6.07, 6.45) is 1.10. The van der Waals surface area contributed by atoms with Crippen LogP contribution in [-0.2, 0) is 4.79 Å². The standard InChI is InChI=1S/C19H26N2O2.ClH/c1-4-9-20-10-11-21-19(22)14(2)15-5-6-17-13-18(23-3)8-7-16(17)12-15;/h5-8,12-14,20H,4,9-11H2,1-3H3,(H,21,22);1H. The van der Waals surface area contributed by atoms with Crippen LogP contribution in [0.25, 0.3) is 10.8 Å². The number of fused-ring (bicyclic) bond motifs is 1. The van der Waals surface area contributed by atoms with Crippen LogP contribution in [0.2, 0.25) is 0 Å². The summed E-state index contributed by atoms with van der Waals surface area (Å²) in [7, 11) is 1.66. The van der Waals surface area contributed by atoms with Crippen LogP contribution in [0, 0.1) is 0 Å². The molecule has 2 rings (SSSR count). The molecule has 0 aliphatic rings. The first kappa shape index (κ1) is 20.3. The fraction of sp³-hybridized carbons (Fsp3) is 0.421. The highest BCUT2D eigenvalue weighted by Crippen LogP contribution is 2.25. The monoisotopic (exact) mass is 350 g/mol. The molecule has 0 bridgehead atoms. The molecule has 0 radical (unpaired) electrons. The molecule has 4 nitrogen and oxygen atoms in total. The van der Waals surface area contributed by atoms with Gasteiger partial charge >= 0.3 is 0 Å². The van der Waals surface area contributed by atoms with E-state index in [1.165, 1.54) is 0 Å². The Kier molecular flexibility index (Phi) is 8.58. The van der Waals surface area contributed by atoms with Gasteiger partial charge in [-0.05, 0) is 48.4 Å². The van der Waals surface area contributed by atoms with Crippen LogP contribution in [-0.4, -0.2) is 32.7 Å². The molecule has 1 unspecified atom stereocenters. The Labute approximate surface area is 150 Å². The Hall–Kier alpha value is -1.78. The van der Waals surface area contributed by atoms with Gasteiger partial charge in [0.25, 0.3) is 0 Å². The summed E-state index contributed by atoms with van der Waals surface area (Å²) in [5.41, 5.74) is 1.03. The van der Waals surface area contributed by atoms with Crippen molar-refractivity contribution in [2.75, 3.05) is 26.7 Å². The van der Waals surface area contributed by atoms with E-state index >= 15 is 0 Å². The summed E-state index contributed by atoms with van der Waals surface area (Å²) in [5, 5.41) is 8.50. The molecule has 0 heterocycles. The van der Waals surface area contributed by atoms with Crippen molar-refractivity contribution in [3.63, 3.8) is 0 Å². The van der Waals surface area contributed by atoms with Gasteiger partial charge in [-0.2, -0.15) is 0 Å². The Morgan fingerprint density at radius 3 is 2.50 bits per heavy atom. The van der Waals surface area contributed by atoms with E-state index in [1.54, 1.807) is 7.11 Å². The van der Waals surface area contributed by atoms with E-state index in [9.17, 15) is 4.79 Å². The van der Waals surface area contributed by atoms with Gasteiger partial charge in [0, 0.05) is 13.1 Å². The smallest absolute Gasteiger partial charge is 0.227 e. The maximum atomic E-state index is 12.3. The van der Waals surface area contributed by atoms with Crippen molar-refractivity contribution in [1.82, 2.24) is 10.6 Å². The van der Waals surface area contributed by atoms with Crippen molar-refractivity contribution in [2.45, 2.75) is 26.2 Å². The van der Waals surface area contributed by atoms with Crippen LogP contribution < -0.4 is 15.4 Å². The maximum Gasteiger partial charge on any atom is 0.227 e. The SMILES string of the molecule is CCCNCCNC(=O)C(C)c1ccc2cc(OC)ccc2c1.Cl. The molecule has 0 fully saturated rings. The van der Waals surface area contributed by atoms with E-state index in [2.05, 4.69) is 23.6 Å². The highest BCUT2D eigenvalue weighted by Gasteiger charge is 2.15. The molecule has 0 spiro atoms. The van der Waals surface area contributed by atoms with E-state index in [0.717, 1.165) is 41.6 Å². The zero-order valence-corrected chi connectivity index (χ0v) is 15.4. The first-order chi connectivity index (χ1) is 11.2. The van der Waals surface area contributed by atoms with Crippen molar-refractivity contribution in [2.24, 2.45) is 0 Å². The molecular formula is C19H27ClN2O2. The molecule has 24 heavy (non-hydrogen) atoms. The number of hydrogen-bond acceptors (Lipinski definition) is 3. The highest BCUT2D eigenvalue weighted by atomic mass is 35.5. The van der Waals surface area contributed by atoms with Crippen LogP contribution >= 0.6 is 12.4 Å². The van der Waals surface area contributed by atoms with E-state index in [0.29, 0.717) is 6.54 Å². The number of halogens is 1. The number of rotatable bonds is 8. The van der Waals surface area contributed by atoms with E-state index < -0.39 is 0 Å². The lowest BCUT2D eigenvalue weighted by Crippen LogP contribution is -2.34. The lowest BCUT2D eigenvalue weighted by atomic mass is 9.97. The molecular weight excluding hydrogens is 324 g/mol. The molecule has 2 aromatic carbocycles. The normalized spacial score (nSPS) is 11.6. The average molecular weight is 351 g/mol. The summed E-state index contributed by atoms with van der Waals surface area (Å²) in [6, 6.07) is 12.1. The third kappa shape index (κ3) is 5.39. The Balaban J connectivity index is 0.00000288. The topological polar surface area (TPSA) is 50.4 Å². The first-order valence-corrected chi connectivity index (χ1v) is 8.22. The van der Waals surface area contributed by atoms with E-state index in [-0.39, 0.29) is 24.2 Å². The second kappa shape index (κ2) is 10.2. The number of hydrogen-bond donors (Lipinski definition) is 2. The van der Waals surface area contributed by atoms with Gasteiger partial charge in [0.05, 0.1) is 13.0 Å². The molecule has 2 aromatic rings. The van der Waals surface area contributed by atoms with Crippen LogP contribution in [0.1, 0.15) is 31.7 Å². The Morgan fingerprint density at radius 2 is 1.79 bits per heavy atom. The van der Waals surface area contributed by atoms with Gasteiger partial charge in [0.1, 0.15) is 5.75 Å².